The van der Waals surface area contributed by atoms with Crippen LogP contribution in [-0.2, 0) is 16.0 Å². The zero-order valence-electron chi connectivity index (χ0n) is 12.2. The molecule has 3 heteroatoms. The summed E-state index contributed by atoms with van der Waals surface area (Å²) in [4.78, 5) is 34.9. The van der Waals surface area contributed by atoms with Gasteiger partial charge in [-0.2, -0.15) is 0 Å². The number of carbonyl (C=O) groups is 3. The summed E-state index contributed by atoms with van der Waals surface area (Å²) in [7, 11) is 0. The molecule has 1 rings (SSSR count). The third kappa shape index (κ3) is 4.92. The Kier molecular flexibility index (Phi) is 6.04. The van der Waals surface area contributed by atoms with Crippen molar-refractivity contribution in [3.63, 3.8) is 0 Å². The van der Waals surface area contributed by atoms with Crippen molar-refractivity contribution in [3.8, 4) is 0 Å². The van der Waals surface area contributed by atoms with E-state index >= 15 is 0 Å². The summed E-state index contributed by atoms with van der Waals surface area (Å²) in [6.07, 6.45) is 3.15. The van der Waals surface area contributed by atoms with Crippen molar-refractivity contribution in [3.05, 3.63) is 47.5 Å². The topological polar surface area (TPSA) is 51.2 Å². The van der Waals surface area contributed by atoms with Crippen LogP contribution < -0.4 is 0 Å². The Labute approximate surface area is 119 Å². The molecule has 0 heterocycles. The van der Waals surface area contributed by atoms with Crippen LogP contribution in [0.5, 0.6) is 0 Å². The number of hydrogen-bond donors (Lipinski definition) is 0. The van der Waals surface area contributed by atoms with E-state index in [-0.39, 0.29) is 29.7 Å². The maximum absolute atomic E-state index is 11.9. The summed E-state index contributed by atoms with van der Waals surface area (Å²) in [6.45, 7) is 5.56. The molecule has 0 amide bonds. The normalized spacial score (nSPS) is 11.0. The number of ketones is 3. The summed E-state index contributed by atoms with van der Waals surface area (Å²) in [5, 5.41) is 0. The molecule has 1 aromatic carbocycles. The highest BCUT2D eigenvalue weighted by Gasteiger charge is 2.10. The molecule has 0 unspecified atom stereocenters. The summed E-state index contributed by atoms with van der Waals surface area (Å²) < 4.78 is 0. The fraction of sp³-hybridized carbons (Fsp3) is 0.353. The number of aryl methyl sites for hydroxylation is 1. The smallest absolute Gasteiger partial charge is 0.170 e. The van der Waals surface area contributed by atoms with E-state index in [0.717, 1.165) is 12.0 Å². The first-order chi connectivity index (χ1) is 9.43. The van der Waals surface area contributed by atoms with Crippen LogP contribution in [0.25, 0.3) is 0 Å². The van der Waals surface area contributed by atoms with E-state index in [2.05, 4.69) is 0 Å². The average molecular weight is 272 g/mol. The van der Waals surface area contributed by atoms with Gasteiger partial charge in [0.1, 0.15) is 0 Å². The zero-order valence-corrected chi connectivity index (χ0v) is 12.2. The van der Waals surface area contributed by atoms with Gasteiger partial charge in [-0.15, -0.1) is 0 Å². The molecule has 0 aromatic heterocycles. The van der Waals surface area contributed by atoms with Crippen LogP contribution in [0.3, 0.4) is 0 Å². The number of hydrogen-bond acceptors (Lipinski definition) is 3. The largest absolute Gasteiger partial charge is 0.295 e. The summed E-state index contributed by atoms with van der Waals surface area (Å²) in [5.74, 6) is -0.822. The second-order valence-electron chi connectivity index (χ2n) is 5.01. The first kappa shape index (κ1) is 16.0. The van der Waals surface area contributed by atoms with Gasteiger partial charge in [0.15, 0.2) is 17.3 Å². The standard InChI is InChI=1S/C17H20O3/c1-4-13-5-7-14(8-6-13)17(20)11-15(18)9-10-16(19)12(2)3/h5-10,12H,4,11H2,1-3H3/b10-9-. The molecule has 0 spiro atoms. The molecule has 0 atom stereocenters. The van der Waals surface area contributed by atoms with Crippen LogP contribution in [0.2, 0.25) is 0 Å². The molecule has 0 bridgehead atoms. The zero-order chi connectivity index (χ0) is 15.1. The van der Waals surface area contributed by atoms with E-state index in [9.17, 15) is 14.4 Å². The van der Waals surface area contributed by atoms with Crippen molar-refractivity contribution in [2.45, 2.75) is 33.6 Å². The SMILES string of the molecule is CCc1ccc(C(=O)CC(=O)/C=C\C(=O)C(C)C)cc1. The lowest BCUT2D eigenvalue weighted by molar-refractivity contribution is -0.118. The van der Waals surface area contributed by atoms with Crippen molar-refractivity contribution < 1.29 is 14.4 Å². The number of allylic oxidation sites excluding steroid dienone is 2. The van der Waals surface area contributed by atoms with E-state index in [1.807, 2.05) is 19.1 Å². The molecule has 20 heavy (non-hydrogen) atoms. The summed E-state index contributed by atoms with van der Waals surface area (Å²) in [5.41, 5.74) is 1.68. The lowest BCUT2D eigenvalue weighted by Gasteiger charge is -2.01. The molecular weight excluding hydrogens is 252 g/mol. The van der Waals surface area contributed by atoms with E-state index < -0.39 is 0 Å². The van der Waals surface area contributed by atoms with E-state index in [1.165, 1.54) is 12.2 Å². The summed E-state index contributed by atoms with van der Waals surface area (Å²) in [6, 6.07) is 7.24. The molecule has 1 aromatic rings. The van der Waals surface area contributed by atoms with Gasteiger partial charge in [-0.3, -0.25) is 14.4 Å². The highest BCUT2D eigenvalue weighted by atomic mass is 16.1. The van der Waals surface area contributed by atoms with E-state index in [1.54, 1.807) is 26.0 Å². The van der Waals surface area contributed by atoms with Gasteiger partial charge in [0.2, 0.25) is 0 Å². The first-order valence-electron chi connectivity index (χ1n) is 6.81. The maximum Gasteiger partial charge on any atom is 0.170 e. The third-order valence-corrected chi connectivity index (χ3v) is 3.02. The van der Waals surface area contributed by atoms with Crippen molar-refractivity contribution in [1.29, 1.82) is 0 Å². The fourth-order valence-corrected chi connectivity index (χ4v) is 1.61. The molecule has 0 N–H and O–H groups in total. The van der Waals surface area contributed by atoms with Gasteiger partial charge >= 0.3 is 0 Å². The third-order valence-electron chi connectivity index (χ3n) is 3.02. The number of carbonyl (C=O) groups excluding carboxylic acids is 3. The molecule has 0 aliphatic rings. The first-order valence-corrected chi connectivity index (χ1v) is 6.81. The van der Waals surface area contributed by atoms with Crippen LogP contribution in [-0.4, -0.2) is 17.3 Å². The molecule has 0 aliphatic carbocycles. The van der Waals surface area contributed by atoms with Gasteiger partial charge in [0.05, 0.1) is 6.42 Å². The van der Waals surface area contributed by atoms with Gasteiger partial charge in [-0.25, -0.2) is 0 Å². The molecule has 0 fully saturated rings. The Morgan fingerprint density at radius 1 is 1.05 bits per heavy atom. The predicted molar refractivity (Wildman–Crippen MR) is 78.8 cm³/mol. The van der Waals surface area contributed by atoms with Crippen LogP contribution in [0.4, 0.5) is 0 Å². The van der Waals surface area contributed by atoms with Crippen LogP contribution in [0, 0.1) is 5.92 Å². The molecular formula is C17H20O3. The van der Waals surface area contributed by atoms with Crippen molar-refractivity contribution >= 4 is 17.3 Å². The Bertz CT molecular complexity index is 522. The highest BCUT2D eigenvalue weighted by Crippen LogP contribution is 2.08. The Balaban J connectivity index is 2.61. The molecule has 0 aliphatic heterocycles. The average Bonchev–Trinajstić information content (AvgIpc) is 2.44. The van der Waals surface area contributed by atoms with Gasteiger partial charge in [-0.05, 0) is 24.1 Å². The molecule has 0 radical (unpaired) electrons. The number of rotatable bonds is 7. The Morgan fingerprint density at radius 3 is 2.15 bits per heavy atom. The Hall–Kier alpha value is -2.03. The summed E-state index contributed by atoms with van der Waals surface area (Å²) >= 11 is 0. The fourth-order valence-electron chi connectivity index (χ4n) is 1.61. The monoisotopic (exact) mass is 272 g/mol. The lowest BCUT2D eigenvalue weighted by atomic mass is 10.0. The van der Waals surface area contributed by atoms with Gasteiger partial charge < -0.3 is 0 Å². The van der Waals surface area contributed by atoms with Crippen LogP contribution in [0.1, 0.15) is 43.1 Å². The van der Waals surface area contributed by atoms with E-state index in [4.69, 9.17) is 0 Å². The predicted octanol–water partition coefficient (Wildman–Crippen LogP) is 3.17. The van der Waals surface area contributed by atoms with Crippen molar-refractivity contribution in [1.82, 2.24) is 0 Å². The highest BCUT2D eigenvalue weighted by molar-refractivity contribution is 6.12. The molecule has 3 nitrogen and oxygen atoms in total. The molecule has 0 saturated carbocycles. The minimum atomic E-state index is -0.344. The van der Waals surface area contributed by atoms with Gasteiger partial charge in [0.25, 0.3) is 0 Å². The van der Waals surface area contributed by atoms with Crippen LogP contribution >= 0.6 is 0 Å². The molecule has 106 valence electrons. The lowest BCUT2D eigenvalue weighted by Crippen LogP contribution is -2.08. The minimum absolute atomic E-state index is 0.113. The quantitative estimate of drug-likeness (QED) is 0.435. The van der Waals surface area contributed by atoms with E-state index in [0.29, 0.717) is 5.56 Å². The number of benzene rings is 1. The maximum atomic E-state index is 11.9. The minimum Gasteiger partial charge on any atom is -0.295 e. The van der Waals surface area contributed by atoms with Gasteiger partial charge in [0, 0.05) is 11.5 Å². The second kappa shape index (κ2) is 7.53. The van der Waals surface area contributed by atoms with Crippen LogP contribution in [0.15, 0.2) is 36.4 Å². The van der Waals surface area contributed by atoms with Crippen molar-refractivity contribution in [2.24, 2.45) is 5.92 Å². The number of Topliss-reactive ketones (excluding diaryl/α,β-unsaturated/α-hetero) is 1. The second-order valence-corrected chi connectivity index (χ2v) is 5.01. The Morgan fingerprint density at radius 2 is 1.65 bits per heavy atom. The van der Waals surface area contributed by atoms with Gasteiger partial charge in [-0.1, -0.05) is 45.0 Å². The molecule has 0 saturated heterocycles. The van der Waals surface area contributed by atoms with Crippen molar-refractivity contribution in [2.75, 3.05) is 0 Å².